The van der Waals surface area contributed by atoms with Crippen molar-refractivity contribution in [2.45, 2.75) is 18.7 Å². The third-order valence-electron chi connectivity index (χ3n) is 3.47. The van der Waals surface area contributed by atoms with E-state index >= 15 is 0 Å². The van der Waals surface area contributed by atoms with Gasteiger partial charge in [0.15, 0.2) is 0 Å². The Balaban J connectivity index is 2.50. The highest BCUT2D eigenvalue weighted by molar-refractivity contribution is 7.92. The second-order valence-corrected chi connectivity index (χ2v) is 7.06. The van der Waals surface area contributed by atoms with Gasteiger partial charge in [-0.15, -0.1) is 0 Å². The zero-order chi connectivity index (χ0) is 16.5. The van der Waals surface area contributed by atoms with Crippen molar-refractivity contribution in [3.63, 3.8) is 0 Å². The predicted octanol–water partition coefficient (Wildman–Crippen LogP) is 2.83. The van der Waals surface area contributed by atoms with Gasteiger partial charge in [-0.05, 0) is 43.7 Å². The number of rotatable bonds is 4. The van der Waals surface area contributed by atoms with Crippen LogP contribution in [0.15, 0.2) is 47.4 Å². The number of nitrogens with zero attached hydrogens (tertiary/aromatic N) is 1. The van der Waals surface area contributed by atoms with Crippen molar-refractivity contribution < 1.29 is 18.3 Å². The first-order chi connectivity index (χ1) is 10.2. The van der Waals surface area contributed by atoms with Gasteiger partial charge in [-0.3, -0.25) is 4.31 Å². The van der Waals surface area contributed by atoms with E-state index < -0.39 is 16.0 Å². The molecule has 0 spiro atoms. The van der Waals surface area contributed by atoms with Crippen molar-refractivity contribution in [1.82, 2.24) is 0 Å². The first-order valence-electron chi connectivity index (χ1n) is 6.63. The quantitative estimate of drug-likeness (QED) is 0.940. The molecule has 0 heterocycles. The molecule has 0 saturated carbocycles. The van der Waals surface area contributed by atoms with Crippen LogP contribution in [0, 0.1) is 13.8 Å². The van der Waals surface area contributed by atoms with Crippen LogP contribution in [-0.2, 0) is 10.0 Å². The molecule has 0 radical (unpaired) electrons. The van der Waals surface area contributed by atoms with Crippen LogP contribution in [0.5, 0.6) is 0 Å². The molecular formula is C16H17NO4S. The number of aromatic carboxylic acids is 1. The molecule has 6 heteroatoms. The van der Waals surface area contributed by atoms with Crippen LogP contribution in [0.4, 0.5) is 5.69 Å². The van der Waals surface area contributed by atoms with Gasteiger partial charge in [-0.1, -0.05) is 23.8 Å². The third-order valence-corrected chi connectivity index (χ3v) is 5.26. The lowest BCUT2D eigenvalue weighted by atomic mass is 10.1. The number of carboxylic acids is 1. The molecule has 0 aromatic heterocycles. The third kappa shape index (κ3) is 2.96. The van der Waals surface area contributed by atoms with Crippen LogP contribution in [0.25, 0.3) is 0 Å². The van der Waals surface area contributed by atoms with Crippen molar-refractivity contribution in [2.24, 2.45) is 0 Å². The Kier molecular flexibility index (Phi) is 4.23. The summed E-state index contributed by atoms with van der Waals surface area (Å²) in [5, 5.41) is 9.06. The highest BCUT2D eigenvalue weighted by Gasteiger charge is 2.23. The minimum atomic E-state index is -3.73. The zero-order valence-corrected chi connectivity index (χ0v) is 13.4. The van der Waals surface area contributed by atoms with Gasteiger partial charge in [-0.2, -0.15) is 0 Å². The molecule has 0 fully saturated rings. The molecule has 0 unspecified atom stereocenters. The Bertz CT molecular complexity index is 811. The maximum absolute atomic E-state index is 12.7. The number of benzene rings is 2. The SMILES string of the molecule is Cc1ccc(S(=O)(=O)N(C)c2cc(C(=O)O)ccc2C)cc1. The number of carbonyl (C=O) groups is 1. The first-order valence-corrected chi connectivity index (χ1v) is 8.07. The smallest absolute Gasteiger partial charge is 0.335 e. The fourth-order valence-electron chi connectivity index (χ4n) is 2.08. The van der Waals surface area contributed by atoms with Gasteiger partial charge < -0.3 is 5.11 Å². The van der Waals surface area contributed by atoms with Crippen molar-refractivity contribution >= 4 is 21.7 Å². The Hall–Kier alpha value is -2.34. The van der Waals surface area contributed by atoms with Gasteiger partial charge in [0, 0.05) is 7.05 Å². The number of hydrogen-bond acceptors (Lipinski definition) is 3. The first kappa shape index (κ1) is 16.0. The maximum Gasteiger partial charge on any atom is 0.335 e. The predicted molar refractivity (Wildman–Crippen MR) is 84.9 cm³/mol. The molecule has 2 rings (SSSR count). The van der Waals surface area contributed by atoms with Crippen LogP contribution >= 0.6 is 0 Å². The van der Waals surface area contributed by atoms with E-state index in [1.807, 2.05) is 6.92 Å². The Morgan fingerprint density at radius 2 is 1.64 bits per heavy atom. The van der Waals surface area contributed by atoms with Crippen LogP contribution in [0.1, 0.15) is 21.5 Å². The Labute approximate surface area is 129 Å². The van der Waals surface area contributed by atoms with Crippen LogP contribution in [0.3, 0.4) is 0 Å². The Morgan fingerprint density at radius 3 is 2.18 bits per heavy atom. The van der Waals surface area contributed by atoms with Crippen molar-refractivity contribution in [2.75, 3.05) is 11.4 Å². The largest absolute Gasteiger partial charge is 0.478 e. The molecule has 5 nitrogen and oxygen atoms in total. The number of aryl methyl sites for hydroxylation is 2. The highest BCUT2D eigenvalue weighted by atomic mass is 32.2. The molecule has 0 aliphatic heterocycles. The van der Waals surface area contributed by atoms with Gasteiger partial charge >= 0.3 is 5.97 Å². The van der Waals surface area contributed by atoms with Gasteiger partial charge in [-0.25, -0.2) is 13.2 Å². The second-order valence-electron chi connectivity index (χ2n) is 5.09. The molecule has 116 valence electrons. The van der Waals surface area contributed by atoms with E-state index in [2.05, 4.69) is 0 Å². The summed E-state index contributed by atoms with van der Waals surface area (Å²) < 4.78 is 26.4. The summed E-state index contributed by atoms with van der Waals surface area (Å²) in [7, 11) is -2.31. The normalized spacial score (nSPS) is 11.2. The van der Waals surface area contributed by atoms with Gasteiger partial charge in [0.1, 0.15) is 0 Å². The fourth-order valence-corrected chi connectivity index (χ4v) is 3.33. The molecule has 0 bridgehead atoms. The van der Waals surface area contributed by atoms with Crippen molar-refractivity contribution in [3.8, 4) is 0 Å². The lowest BCUT2D eigenvalue weighted by Crippen LogP contribution is -2.27. The van der Waals surface area contributed by atoms with Crippen molar-refractivity contribution in [3.05, 3.63) is 59.2 Å². The van der Waals surface area contributed by atoms with E-state index in [1.54, 1.807) is 25.1 Å². The van der Waals surface area contributed by atoms with E-state index in [0.717, 1.165) is 9.87 Å². The molecule has 0 atom stereocenters. The number of anilines is 1. The van der Waals surface area contributed by atoms with E-state index in [1.165, 1.54) is 31.3 Å². The van der Waals surface area contributed by atoms with E-state index in [-0.39, 0.29) is 10.5 Å². The lowest BCUT2D eigenvalue weighted by molar-refractivity contribution is 0.0697. The molecule has 2 aromatic rings. The highest BCUT2D eigenvalue weighted by Crippen LogP contribution is 2.26. The molecule has 0 aliphatic carbocycles. The van der Waals surface area contributed by atoms with Gasteiger partial charge in [0.2, 0.25) is 0 Å². The summed E-state index contributed by atoms with van der Waals surface area (Å²) in [4.78, 5) is 11.2. The van der Waals surface area contributed by atoms with Crippen LogP contribution in [0.2, 0.25) is 0 Å². The molecule has 0 amide bonds. The minimum Gasteiger partial charge on any atom is -0.478 e. The van der Waals surface area contributed by atoms with E-state index in [9.17, 15) is 13.2 Å². The van der Waals surface area contributed by atoms with Crippen LogP contribution < -0.4 is 4.31 Å². The fraction of sp³-hybridized carbons (Fsp3) is 0.188. The number of sulfonamides is 1. The molecule has 0 aliphatic rings. The average Bonchev–Trinajstić information content (AvgIpc) is 2.47. The summed E-state index contributed by atoms with van der Waals surface area (Å²) >= 11 is 0. The molecule has 2 aromatic carbocycles. The monoisotopic (exact) mass is 319 g/mol. The van der Waals surface area contributed by atoms with E-state index in [0.29, 0.717) is 11.3 Å². The zero-order valence-electron chi connectivity index (χ0n) is 12.6. The summed E-state index contributed by atoms with van der Waals surface area (Å²) in [6, 6.07) is 10.9. The summed E-state index contributed by atoms with van der Waals surface area (Å²) in [6.07, 6.45) is 0. The second kappa shape index (κ2) is 5.81. The summed E-state index contributed by atoms with van der Waals surface area (Å²) in [5.41, 5.74) is 2.04. The number of hydrogen-bond donors (Lipinski definition) is 1. The standard InChI is InChI=1S/C16H17NO4S/c1-11-4-8-14(9-5-11)22(20,21)17(3)15-10-13(16(18)19)7-6-12(15)2/h4-10H,1-3H3,(H,18,19). The van der Waals surface area contributed by atoms with Gasteiger partial charge in [0.25, 0.3) is 10.0 Å². The summed E-state index contributed by atoms with van der Waals surface area (Å²) in [5.74, 6) is -1.10. The van der Waals surface area contributed by atoms with Crippen LogP contribution in [-0.4, -0.2) is 26.5 Å². The average molecular weight is 319 g/mol. The molecular weight excluding hydrogens is 302 g/mol. The van der Waals surface area contributed by atoms with Gasteiger partial charge in [0.05, 0.1) is 16.1 Å². The van der Waals surface area contributed by atoms with Crippen molar-refractivity contribution in [1.29, 1.82) is 0 Å². The summed E-state index contributed by atoms with van der Waals surface area (Å²) in [6.45, 7) is 3.61. The van der Waals surface area contributed by atoms with E-state index in [4.69, 9.17) is 5.11 Å². The minimum absolute atomic E-state index is 0.0477. The number of carboxylic acid groups (broad SMARTS) is 1. The topological polar surface area (TPSA) is 74.7 Å². The molecule has 22 heavy (non-hydrogen) atoms. The lowest BCUT2D eigenvalue weighted by Gasteiger charge is -2.22. The molecule has 0 saturated heterocycles. The molecule has 1 N–H and O–H groups in total. The Morgan fingerprint density at radius 1 is 1.05 bits per heavy atom. The maximum atomic E-state index is 12.7.